The molecule has 0 fully saturated rings. The summed E-state index contributed by atoms with van der Waals surface area (Å²) in [7, 11) is 0. The number of nitrogens with zero attached hydrogens (tertiary/aromatic N) is 2. The molecule has 1 radical (unpaired) electrons. The van der Waals surface area contributed by atoms with Crippen LogP contribution in [0.4, 0.5) is 0 Å². The van der Waals surface area contributed by atoms with Crippen LogP contribution in [-0.4, -0.2) is 42.2 Å². The lowest BCUT2D eigenvalue weighted by Gasteiger charge is -2.20. The Labute approximate surface area is 113 Å². The molecule has 1 atom stereocenters. The van der Waals surface area contributed by atoms with E-state index >= 15 is 0 Å². The second kappa shape index (κ2) is 6.81. The van der Waals surface area contributed by atoms with Gasteiger partial charge >= 0.3 is 0 Å². The van der Waals surface area contributed by atoms with Gasteiger partial charge in [0.2, 0.25) is 0 Å². The summed E-state index contributed by atoms with van der Waals surface area (Å²) < 4.78 is 0. The Kier molecular flexibility index (Phi) is 5.08. The van der Waals surface area contributed by atoms with Gasteiger partial charge in [0.05, 0.1) is 12.4 Å². The smallest absolute Gasteiger partial charge is 0.0958 e. The molecule has 1 N–H and O–H groups in total. The van der Waals surface area contributed by atoms with Crippen LogP contribution in [0.15, 0.2) is 40.2 Å². The third kappa shape index (κ3) is 4.03. The number of benzene rings is 1. The normalized spacial score (nSPS) is 16.8. The Morgan fingerprint density at radius 1 is 1.39 bits per heavy atom. The predicted molar refractivity (Wildman–Crippen MR) is 78.2 cm³/mol. The third-order valence-corrected chi connectivity index (χ3v) is 4.28. The minimum Gasteiger partial charge on any atom is -0.359 e. The van der Waals surface area contributed by atoms with Crippen molar-refractivity contribution < 1.29 is 0 Å². The Bertz CT molecular complexity index is 391. The largest absolute Gasteiger partial charge is 0.359 e. The molecule has 0 amide bonds. The molecule has 1 aliphatic heterocycles. The lowest BCUT2D eigenvalue weighted by atomic mass is 10.2. The number of amidine groups is 1. The zero-order valence-electron chi connectivity index (χ0n) is 10.8. The van der Waals surface area contributed by atoms with Crippen LogP contribution in [0.1, 0.15) is 13.3 Å². The van der Waals surface area contributed by atoms with Crippen LogP contribution in [-0.2, 0) is 0 Å². The summed E-state index contributed by atoms with van der Waals surface area (Å²) in [6.07, 6.45) is 0.923. The fourth-order valence-corrected chi connectivity index (χ4v) is 2.89. The molecule has 1 aromatic rings. The van der Waals surface area contributed by atoms with Crippen molar-refractivity contribution in [3.8, 4) is 0 Å². The van der Waals surface area contributed by atoms with Crippen molar-refractivity contribution in [2.45, 2.75) is 24.3 Å². The summed E-state index contributed by atoms with van der Waals surface area (Å²) >= 11 is 1.78. The monoisotopic (exact) mass is 262 g/mol. The van der Waals surface area contributed by atoms with Gasteiger partial charge in [0.15, 0.2) is 0 Å². The van der Waals surface area contributed by atoms with Gasteiger partial charge in [-0.25, -0.2) is 0 Å². The fourth-order valence-electron chi connectivity index (χ4n) is 1.98. The maximum Gasteiger partial charge on any atom is 0.0958 e. The summed E-state index contributed by atoms with van der Waals surface area (Å²) in [5.74, 6) is 2.01. The number of aliphatic imine (C=N–C) groups is 1. The van der Waals surface area contributed by atoms with Crippen LogP contribution in [0.3, 0.4) is 0 Å². The van der Waals surface area contributed by atoms with Crippen molar-refractivity contribution in [3.63, 3.8) is 0 Å². The van der Waals surface area contributed by atoms with Gasteiger partial charge in [-0.1, -0.05) is 18.2 Å². The standard InChI is InChI=1S/C14H20N3S/c1-12-16-8-10-17(12)9-7-13(15)11-18-14-5-3-2-4-6-14/h2-6,13,15H,7-11H2,1H3/t13-/m1/s1. The molecule has 1 aliphatic rings. The maximum atomic E-state index is 8.06. The van der Waals surface area contributed by atoms with E-state index < -0.39 is 0 Å². The topological polar surface area (TPSA) is 39.4 Å². The molecule has 2 rings (SSSR count). The van der Waals surface area contributed by atoms with E-state index in [9.17, 15) is 0 Å². The Balaban J connectivity index is 1.66. The first kappa shape index (κ1) is 13.4. The zero-order valence-corrected chi connectivity index (χ0v) is 11.6. The average molecular weight is 262 g/mol. The summed E-state index contributed by atoms with van der Waals surface area (Å²) in [5.41, 5.74) is 8.06. The highest BCUT2D eigenvalue weighted by Gasteiger charge is 2.13. The minimum absolute atomic E-state index is 0.00334. The fraction of sp³-hybridized carbons (Fsp3) is 0.500. The van der Waals surface area contributed by atoms with E-state index in [1.165, 1.54) is 4.90 Å². The first-order chi connectivity index (χ1) is 8.75. The Hall–Kier alpha value is -1.00. The minimum atomic E-state index is 0.00334. The lowest BCUT2D eigenvalue weighted by molar-refractivity contribution is 0.424. The second-order valence-corrected chi connectivity index (χ2v) is 5.62. The number of thioether (sulfide) groups is 1. The molecule has 0 bridgehead atoms. The van der Waals surface area contributed by atoms with Gasteiger partial charge in [-0.05, 0) is 25.5 Å². The van der Waals surface area contributed by atoms with E-state index in [1.54, 1.807) is 11.8 Å². The van der Waals surface area contributed by atoms with Crippen molar-refractivity contribution >= 4 is 17.6 Å². The van der Waals surface area contributed by atoms with E-state index in [1.807, 2.05) is 18.2 Å². The summed E-state index contributed by atoms with van der Waals surface area (Å²) in [4.78, 5) is 7.91. The van der Waals surface area contributed by atoms with Gasteiger partial charge in [-0.3, -0.25) is 10.7 Å². The third-order valence-electron chi connectivity index (χ3n) is 3.11. The van der Waals surface area contributed by atoms with Gasteiger partial charge in [0.25, 0.3) is 0 Å². The predicted octanol–water partition coefficient (Wildman–Crippen LogP) is 2.55. The molecule has 4 heteroatoms. The lowest BCUT2D eigenvalue weighted by Crippen LogP contribution is -2.30. The highest BCUT2D eigenvalue weighted by molar-refractivity contribution is 7.99. The van der Waals surface area contributed by atoms with Gasteiger partial charge in [-0.15, -0.1) is 11.8 Å². The molecular formula is C14H20N3S. The number of rotatable bonds is 6. The van der Waals surface area contributed by atoms with E-state index in [-0.39, 0.29) is 6.04 Å². The molecule has 0 saturated carbocycles. The molecule has 0 spiro atoms. The van der Waals surface area contributed by atoms with Crippen molar-refractivity contribution in [2.24, 2.45) is 4.99 Å². The summed E-state index contributed by atoms with van der Waals surface area (Å²) in [6.45, 7) is 4.99. The molecule has 1 heterocycles. The number of hydrogen-bond acceptors (Lipinski definition) is 3. The van der Waals surface area contributed by atoms with E-state index in [0.717, 1.165) is 37.6 Å². The quantitative estimate of drug-likeness (QED) is 0.739. The van der Waals surface area contributed by atoms with Crippen molar-refractivity contribution in [1.82, 2.24) is 10.6 Å². The van der Waals surface area contributed by atoms with Gasteiger partial charge in [-0.2, -0.15) is 0 Å². The molecule has 1 aromatic carbocycles. The molecule has 0 aliphatic carbocycles. The van der Waals surface area contributed by atoms with E-state index in [0.29, 0.717) is 0 Å². The van der Waals surface area contributed by atoms with Gasteiger partial charge < -0.3 is 4.90 Å². The van der Waals surface area contributed by atoms with Crippen LogP contribution in [0.2, 0.25) is 0 Å². The van der Waals surface area contributed by atoms with Crippen molar-refractivity contribution in [1.29, 1.82) is 0 Å². The summed E-state index contributed by atoms with van der Waals surface area (Å²) in [5, 5.41) is 0. The Morgan fingerprint density at radius 3 is 2.83 bits per heavy atom. The molecule has 0 aromatic heterocycles. The summed E-state index contributed by atoms with van der Waals surface area (Å²) in [6, 6.07) is 10.3. The molecule has 3 nitrogen and oxygen atoms in total. The Morgan fingerprint density at radius 2 is 2.17 bits per heavy atom. The molecule has 0 unspecified atom stereocenters. The van der Waals surface area contributed by atoms with Crippen molar-refractivity contribution in [2.75, 3.05) is 25.4 Å². The van der Waals surface area contributed by atoms with E-state index in [4.69, 9.17) is 5.73 Å². The maximum absolute atomic E-state index is 8.06. The first-order valence-electron chi connectivity index (χ1n) is 6.40. The number of hydrogen-bond donors (Lipinski definition) is 0. The first-order valence-corrected chi connectivity index (χ1v) is 7.39. The van der Waals surface area contributed by atoms with Crippen LogP contribution in [0.25, 0.3) is 0 Å². The van der Waals surface area contributed by atoms with Crippen LogP contribution >= 0.6 is 11.8 Å². The molecule has 18 heavy (non-hydrogen) atoms. The van der Waals surface area contributed by atoms with Gasteiger partial charge in [0.1, 0.15) is 0 Å². The highest BCUT2D eigenvalue weighted by atomic mass is 32.2. The zero-order chi connectivity index (χ0) is 12.8. The highest BCUT2D eigenvalue weighted by Crippen LogP contribution is 2.18. The number of nitrogens with one attached hydrogen (secondary N) is 1. The van der Waals surface area contributed by atoms with Crippen LogP contribution < -0.4 is 5.73 Å². The van der Waals surface area contributed by atoms with Crippen molar-refractivity contribution in [3.05, 3.63) is 30.3 Å². The second-order valence-electron chi connectivity index (χ2n) is 4.53. The van der Waals surface area contributed by atoms with Gasteiger partial charge in [0, 0.05) is 29.8 Å². The average Bonchev–Trinajstić information content (AvgIpc) is 2.81. The molecular weight excluding hydrogens is 242 g/mol. The SMILES string of the molecule is CC1=NCCN1CC[C@@H]([NH])CSc1ccccc1. The van der Waals surface area contributed by atoms with Crippen LogP contribution in [0, 0.1) is 0 Å². The molecule has 97 valence electrons. The van der Waals surface area contributed by atoms with E-state index in [2.05, 4.69) is 28.9 Å². The van der Waals surface area contributed by atoms with Crippen LogP contribution in [0.5, 0.6) is 0 Å². The molecule has 0 saturated heterocycles.